The molecule has 0 bridgehead atoms. The first-order valence-electron chi connectivity index (χ1n) is 16.3. The Kier molecular flexibility index (Phi) is 16.1. The number of anilines is 4. The maximum atomic E-state index is 9.21. The average molecular weight is 717 g/mol. The van der Waals surface area contributed by atoms with E-state index in [4.69, 9.17) is 47.6 Å². The van der Waals surface area contributed by atoms with Gasteiger partial charge in [-0.25, -0.2) is 9.97 Å². The van der Waals surface area contributed by atoms with E-state index in [9.17, 15) is 5.26 Å². The van der Waals surface area contributed by atoms with Gasteiger partial charge in [0.1, 0.15) is 34.9 Å². The third kappa shape index (κ3) is 11.0. The number of nitrogens with one attached hydrogen (secondary N) is 1. The van der Waals surface area contributed by atoms with E-state index in [-0.39, 0.29) is 48.5 Å². The summed E-state index contributed by atoms with van der Waals surface area (Å²) < 4.78 is 22.6. The summed E-state index contributed by atoms with van der Waals surface area (Å²) in [6.07, 6.45) is 3.97. The minimum absolute atomic E-state index is 0. The van der Waals surface area contributed by atoms with Crippen LogP contribution in [0.1, 0.15) is 82.6 Å². The molecule has 0 saturated carbocycles. The van der Waals surface area contributed by atoms with Crippen LogP contribution in [0, 0.1) is 11.3 Å². The van der Waals surface area contributed by atoms with E-state index in [1.807, 2.05) is 26.0 Å². The molecular formula is C36H52N12O4. The van der Waals surface area contributed by atoms with Crippen LogP contribution in [-0.4, -0.2) is 59.6 Å². The van der Waals surface area contributed by atoms with Gasteiger partial charge in [-0.15, -0.1) is 0 Å². The second kappa shape index (κ2) is 19.9. The topological polar surface area (TPSA) is 267 Å². The lowest BCUT2D eigenvalue weighted by molar-refractivity contribution is 0.409. The van der Waals surface area contributed by atoms with Crippen molar-refractivity contribution >= 4 is 29.4 Å². The standard InChI is InChI=1S/C17H22N6O2.C15H17N5O2.C3H9N.CH4/c1-9(2)10-6-12(24-3)11(16-20-4-5-21-16)7-13(10)25-14-8-22-17(19)23-15(14)18;1-8(2)10-5-11(21-3)9(6-16)4-12(10)22-13-7-19-15(18)20-14(13)17;1-2-3-4;/h6-9H,4-5H2,1-3H3,(H,20,21)(H4,18,19,22,23);4-5,7-8H,1-3H3,(H4,17,18,19,20);2-4H2,1H3;1H4. The number of aliphatic imine (C=N–C) groups is 1. The highest BCUT2D eigenvalue weighted by molar-refractivity contribution is 6.02. The van der Waals surface area contributed by atoms with Crippen LogP contribution in [0.5, 0.6) is 34.5 Å². The smallest absolute Gasteiger partial charge is 0.222 e. The van der Waals surface area contributed by atoms with E-state index in [1.54, 1.807) is 19.2 Å². The van der Waals surface area contributed by atoms with Crippen LogP contribution in [0.4, 0.5) is 23.5 Å². The van der Waals surface area contributed by atoms with Crippen molar-refractivity contribution in [3.63, 3.8) is 0 Å². The molecule has 0 spiro atoms. The van der Waals surface area contributed by atoms with Gasteiger partial charge in [0.25, 0.3) is 0 Å². The first-order chi connectivity index (χ1) is 24.4. The fraction of sp³-hybridized carbons (Fsp3) is 0.389. The maximum Gasteiger partial charge on any atom is 0.222 e. The highest BCUT2D eigenvalue weighted by atomic mass is 16.5. The minimum atomic E-state index is 0. The molecular weight excluding hydrogens is 664 g/mol. The van der Waals surface area contributed by atoms with Crippen molar-refractivity contribution in [3.8, 4) is 40.6 Å². The number of amidine groups is 1. The molecule has 2 aromatic heterocycles. The lowest BCUT2D eigenvalue weighted by Crippen LogP contribution is -2.20. The highest BCUT2D eigenvalue weighted by Gasteiger charge is 2.21. The molecule has 4 aromatic rings. The number of benzene rings is 2. The molecule has 0 atom stereocenters. The molecule has 0 fully saturated rings. The number of hydrogen-bond donors (Lipinski definition) is 6. The summed E-state index contributed by atoms with van der Waals surface area (Å²) in [5, 5.41) is 12.5. The van der Waals surface area contributed by atoms with Crippen molar-refractivity contribution in [1.29, 1.82) is 5.26 Å². The van der Waals surface area contributed by atoms with Crippen molar-refractivity contribution in [3.05, 3.63) is 58.9 Å². The molecule has 280 valence electrons. The van der Waals surface area contributed by atoms with E-state index in [0.717, 1.165) is 54.3 Å². The van der Waals surface area contributed by atoms with Crippen molar-refractivity contribution < 1.29 is 18.9 Å². The first-order valence-corrected chi connectivity index (χ1v) is 16.3. The maximum absolute atomic E-state index is 9.21. The zero-order valence-electron chi connectivity index (χ0n) is 30.2. The zero-order valence-corrected chi connectivity index (χ0v) is 30.2. The summed E-state index contributed by atoms with van der Waals surface area (Å²) >= 11 is 0. The summed E-state index contributed by atoms with van der Waals surface area (Å²) in [7, 11) is 3.16. The SMILES string of the molecule is C.CCCN.COc1cc(C(C)C)c(Oc2cnc(N)nc2N)cc1C#N.COc1cc(C(C)C)c(Oc2cnc(N)nc2N)cc1C1=NCCN1. The Morgan fingerprint density at radius 3 is 1.63 bits per heavy atom. The normalized spacial score (nSPS) is 11.4. The Bertz CT molecular complexity index is 1860. The Morgan fingerprint density at radius 1 is 0.769 bits per heavy atom. The number of nitrogen functional groups attached to an aromatic ring is 4. The van der Waals surface area contributed by atoms with Gasteiger partial charge in [0.05, 0.1) is 44.3 Å². The number of aromatic nitrogens is 4. The molecule has 52 heavy (non-hydrogen) atoms. The Morgan fingerprint density at radius 2 is 1.25 bits per heavy atom. The van der Waals surface area contributed by atoms with Gasteiger partial charge in [-0.3, -0.25) is 4.99 Å². The molecule has 16 heteroatoms. The van der Waals surface area contributed by atoms with Gasteiger partial charge in [-0.05, 0) is 43.0 Å². The molecule has 3 heterocycles. The summed E-state index contributed by atoms with van der Waals surface area (Å²) in [6, 6.07) is 9.34. The van der Waals surface area contributed by atoms with Crippen LogP contribution in [0.3, 0.4) is 0 Å². The van der Waals surface area contributed by atoms with Crippen LogP contribution in [0.2, 0.25) is 0 Å². The number of nitrogens with two attached hydrogens (primary N) is 5. The fourth-order valence-electron chi connectivity index (χ4n) is 4.61. The fourth-order valence-corrected chi connectivity index (χ4v) is 4.61. The van der Waals surface area contributed by atoms with E-state index < -0.39 is 0 Å². The molecule has 0 radical (unpaired) electrons. The summed E-state index contributed by atoms with van der Waals surface area (Å²) in [6.45, 7) is 12.6. The largest absolute Gasteiger partial charge is 0.496 e. The van der Waals surface area contributed by atoms with Gasteiger partial charge in [0.2, 0.25) is 11.9 Å². The molecule has 1 aliphatic heterocycles. The number of ether oxygens (including phenoxy) is 4. The van der Waals surface area contributed by atoms with Gasteiger partial charge in [-0.1, -0.05) is 42.0 Å². The highest BCUT2D eigenvalue weighted by Crippen LogP contribution is 2.39. The van der Waals surface area contributed by atoms with Crippen LogP contribution in [0.25, 0.3) is 0 Å². The van der Waals surface area contributed by atoms with E-state index in [1.165, 1.54) is 19.5 Å². The molecule has 11 N–H and O–H groups in total. The monoisotopic (exact) mass is 716 g/mol. The lowest BCUT2D eigenvalue weighted by Gasteiger charge is -2.18. The van der Waals surface area contributed by atoms with E-state index >= 15 is 0 Å². The summed E-state index contributed by atoms with van der Waals surface area (Å²) in [4.78, 5) is 20.1. The predicted molar refractivity (Wildman–Crippen MR) is 206 cm³/mol. The van der Waals surface area contributed by atoms with Crippen molar-refractivity contribution in [2.45, 2.75) is 60.3 Å². The van der Waals surface area contributed by atoms with Crippen LogP contribution >= 0.6 is 0 Å². The molecule has 5 rings (SSSR count). The quantitative estimate of drug-likeness (QED) is 0.121. The van der Waals surface area contributed by atoms with Crippen molar-refractivity contribution in [2.75, 3.05) is 56.8 Å². The average Bonchev–Trinajstić information content (AvgIpc) is 3.65. The number of methoxy groups -OCH3 is 2. The number of nitrogens with zero attached hydrogens (tertiary/aromatic N) is 6. The molecule has 0 amide bonds. The van der Waals surface area contributed by atoms with Gasteiger partial charge in [-0.2, -0.15) is 15.2 Å². The second-order valence-electron chi connectivity index (χ2n) is 11.7. The van der Waals surface area contributed by atoms with Crippen molar-refractivity contribution in [2.24, 2.45) is 10.7 Å². The first kappa shape index (κ1) is 42.1. The molecule has 16 nitrogen and oxygen atoms in total. The number of hydrogen-bond acceptors (Lipinski definition) is 16. The van der Waals surface area contributed by atoms with E-state index in [2.05, 4.69) is 57.1 Å². The van der Waals surface area contributed by atoms with Crippen LogP contribution in [0.15, 0.2) is 41.7 Å². The van der Waals surface area contributed by atoms with Gasteiger partial charge in [0, 0.05) is 23.7 Å². The van der Waals surface area contributed by atoms with E-state index in [0.29, 0.717) is 28.6 Å². The third-order valence-corrected chi connectivity index (χ3v) is 7.29. The molecule has 0 aliphatic carbocycles. The number of nitriles is 1. The summed E-state index contributed by atoms with van der Waals surface area (Å²) in [5.41, 5.74) is 30.8. The second-order valence-corrected chi connectivity index (χ2v) is 11.7. The van der Waals surface area contributed by atoms with Crippen molar-refractivity contribution in [1.82, 2.24) is 25.3 Å². The summed E-state index contributed by atoms with van der Waals surface area (Å²) in [5.74, 6) is 4.71. The minimum Gasteiger partial charge on any atom is -0.496 e. The Hall–Kier alpha value is -6.08. The van der Waals surface area contributed by atoms with Gasteiger partial charge in [0.15, 0.2) is 23.1 Å². The van der Waals surface area contributed by atoms with Gasteiger partial charge < -0.3 is 52.9 Å². The lowest BCUT2D eigenvalue weighted by atomic mass is 9.99. The molecule has 1 aliphatic rings. The van der Waals surface area contributed by atoms with Crippen LogP contribution < -0.4 is 52.9 Å². The van der Waals surface area contributed by atoms with Gasteiger partial charge >= 0.3 is 0 Å². The Labute approximate surface area is 305 Å². The predicted octanol–water partition coefficient (Wildman–Crippen LogP) is 5.34. The molecule has 2 aromatic carbocycles. The molecule has 0 saturated heterocycles. The third-order valence-electron chi connectivity index (χ3n) is 7.29. The Balaban J connectivity index is 0.000000323. The van der Waals surface area contributed by atoms with Crippen LogP contribution in [-0.2, 0) is 0 Å². The number of rotatable bonds is 10. The molecule has 0 unspecified atom stereocenters. The zero-order chi connectivity index (χ0) is 37.7.